The van der Waals surface area contributed by atoms with Crippen LogP contribution in [0.2, 0.25) is 0 Å². The van der Waals surface area contributed by atoms with Crippen molar-refractivity contribution >= 4 is 29.9 Å². The average Bonchev–Trinajstić information content (AvgIpc) is 3.01. The van der Waals surface area contributed by atoms with Crippen LogP contribution in [0.15, 0.2) is 35.3 Å². The van der Waals surface area contributed by atoms with Crippen LogP contribution in [0.25, 0.3) is 0 Å². The molecular weight excluding hydrogens is 451 g/mol. The number of guanidine groups is 1. The van der Waals surface area contributed by atoms with Gasteiger partial charge in [0.1, 0.15) is 0 Å². The molecule has 2 unspecified atom stereocenters. The van der Waals surface area contributed by atoms with Crippen molar-refractivity contribution < 1.29 is 4.74 Å². The van der Waals surface area contributed by atoms with Crippen molar-refractivity contribution in [3.63, 3.8) is 0 Å². The molecular formula is C21H37IN4O. The molecule has 1 heterocycles. The van der Waals surface area contributed by atoms with E-state index in [-0.39, 0.29) is 24.0 Å². The van der Waals surface area contributed by atoms with E-state index in [2.05, 4.69) is 53.4 Å². The first kappa shape index (κ1) is 24.2. The Bertz CT molecular complexity index is 538. The number of benzene rings is 1. The lowest BCUT2D eigenvalue weighted by Crippen LogP contribution is -2.47. The normalized spacial score (nSPS) is 20.6. The monoisotopic (exact) mass is 488 g/mol. The maximum atomic E-state index is 5.73. The molecule has 154 valence electrons. The fourth-order valence-electron chi connectivity index (χ4n) is 3.28. The Morgan fingerprint density at radius 1 is 1.22 bits per heavy atom. The molecule has 1 aromatic rings. The van der Waals surface area contributed by atoms with E-state index < -0.39 is 0 Å². The molecule has 0 bridgehead atoms. The third-order valence-corrected chi connectivity index (χ3v) is 5.04. The van der Waals surface area contributed by atoms with Crippen LogP contribution in [-0.2, 0) is 11.3 Å². The summed E-state index contributed by atoms with van der Waals surface area (Å²) in [6, 6.07) is 11.4. The van der Waals surface area contributed by atoms with E-state index in [9.17, 15) is 0 Å². The second-order valence-corrected chi connectivity index (χ2v) is 7.52. The number of rotatable bonds is 9. The van der Waals surface area contributed by atoms with Gasteiger partial charge >= 0.3 is 0 Å². The van der Waals surface area contributed by atoms with E-state index in [4.69, 9.17) is 4.74 Å². The highest BCUT2D eigenvalue weighted by Gasteiger charge is 2.31. The maximum Gasteiger partial charge on any atom is 0.191 e. The van der Waals surface area contributed by atoms with E-state index in [1.165, 1.54) is 5.56 Å². The third-order valence-electron chi connectivity index (χ3n) is 5.04. The van der Waals surface area contributed by atoms with Gasteiger partial charge in [0.2, 0.25) is 0 Å². The van der Waals surface area contributed by atoms with Crippen LogP contribution in [-0.4, -0.2) is 56.2 Å². The molecule has 27 heavy (non-hydrogen) atoms. The maximum absolute atomic E-state index is 5.73. The molecule has 0 saturated carbocycles. The molecule has 0 spiro atoms. The lowest BCUT2D eigenvalue weighted by atomic mass is 10.1. The van der Waals surface area contributed by atoms with Gasteiger partial charge in [-0.15, -0.1) is 24.0 Å². The first-order valence-corrected chi connectivity index (χ1v) is 9.93. The molecule has 0 radical (unpaired) electrons. The predicted molar refractivity (Wildman–Crippen MR) is 125 cm³/mol. The lowest BCUT2D eigenvalue weighted by Gasteiger charge is -2.22. The van der Waals surface area contributed by atoms with Gasteiger partial charge < -0.3 is 15.4 Å². The minimum atomic E-state index is 0. The van der Waals surface area contributed by atoms with E-state index in [1.54, 1.807) is 0 Å². The Balaban J connectivity index is 0.00000364. The first-order valence-electron chi connectivity index (χ1n) is 9.93. The molecule has 1 fully saturated rings. The molecule has 1 aliphatic heterocycles. The van der Waals surface area contributed by atoms with E-state index in [1.807, 2.05) is 25.2 Å². The zero-order chi connectivity index (χ0) is 18.8. The first-order chi connectivity index (χ1) is 12.6. The van der Waals surface area contributed by atoms with Crippen molar-refractivity contribution in [3.05, 3.63) is 35.9 Å². The van der Waals surface area contributed by atoms with Crippen LogP contribution in [0, 0.1) is 5.92 Å². The molecule has 2 rings (SSSR count). The standard InChI is InChI=1S/C21H36N4O.HI/c1-17(2)25-14-18(3)20(15-25)24-21(22-4)23-12-8-9-13-26-16-19-10-6-5-7-11-19;/h5-7,10-11,17-18,20H,8-9,12-16H2,1-4H3,(H2,22,23,24);1H. The van der Waals surface area contributed by atoms with Gasteiger partial charge in [-0.2, -0.15) is 0 Å². The van der Waals surface area contributed by atoms with Crippen molar-refractivity contribution in [2.45, 2.75) is 52.3 Å². The highest BCUT2D eigenvalue weighted by Crippen LogP contribution is 2.18. The lowest BCUT2D eigenvalue weighted by molar-refractivity contribution is 0.117. The number of nitrogens with zero attached hydrogens (tertiary/aromatic N) is 2. The third kappa shape index (κ3) is 8.79. The summed E-state index contributed by atoms with van der Waals surface area (Å²) in [6.45, 7) is 11.5. The minimum absolute atomic E-state index is 0. The zero-order valence-corrected chi connectivity index (χ0v) is 19.6. The minimum Gasteiger partial charge on any atom is -0.377 e. The average molecular weight is 488 g/mol. The second-order valence-electron chi connectivity index (χ2n) is 7.52. The van der Waals surface area contributed by atoms with Gasteiger partial charge in [-0.3, -0.25) is 9.89 Å². The molecule has 6 heteroatoms. The molecule has 2 N–H and O–H groups in total. The van der Waals surface area contributed by atoms with Crippen molar-refractivity contribution in [2.24, 2.45) is 10.9 Å². The molecule has 1 aromatic carbocycles. The fourth-order valence-corrected chi connectivity index (χ4v) is 3.28. The number of ether oxygens (including phenoxy) is 1. The Morgan fingerprint density at radius 3 is 2.59 bits per heavy atom. The summed E-state index contributed by atoms with van der Waals surface area (Å²) in [4.78, 5) is 6.90. The van der Waals surface area contributed by atoms with Crippen molar-refractivity contribution in [1.29, 1.82) is 0 Å². The summed E-state index contributed by atoms with van der Waals surface area (Å²) in [5, 5.41) is 7.02. The van der Waals surface area contributed by atoms with Gasteiger partial charge in [0.05, 0.1) is 6.61 Å². The van der Waals surface area contributed by atoms with Crippen molar-refractivity contribution in [3.8, 4) is 0 Å². The quantitative estimate of drug-likeness (QED) is 0.242. The number of nitrogens with one attached hydrogen (secondary N) is 2. The number of hydrogen-bond donors (Lipinski definition) is 2. The van der Waals surface area contributed by atoms with Crippen molar-refractivity contribution in [1.82, 2.24) is 15.5 Å². The van der Waals surface area contributed by atoms with Gasteiger partial charge in [-0.05, 0) is 38.2 Å². The summed E-state index contributed by atoms with van der Waals surface area (Å²) in [5.74, 6) is 1.56. The Labute approximate surface area is 182 Å². The molecule has 2 atom stereocenters. The predicted octanol–water partition coefficient (Wildman–Crippen LogP) is 3.50. The van der Waals surface area contributed by atoms with Crippen LogP contribution in [0.5, 0.6) is 0 Å². The number of likely N-dealkylation sites (tertiary alicyclic amines) is 1. The van der Waals surface area contributed by atoms with Gasteiger partial charge in [-0.1, -0.05) is 37.3 Å². The molecule has 5 nitrogen and oxygen atoms in total. The Morgan fingerprint density at radius 2 is 1.96 bits per heavy atom. The highest BCUT2D eigenvalue weighted by atomic mass is 127. The van der Waals surface area contributed by atoms with Gasteiger partial charge in [0.25, 0.3) is 0 Å². The fraction of sp³-hybridized carbons (Fsp3) is 0.667. The van der Waals surface area contributed by atoms with E-state index in [0.29, 0.717) is 24.6 Å². The van der Waals surface area contributed by atoms with Crippen LogP contribution in [0.4, 0.5) is 0 Å². The summed E-state index contributed by atoms with van der Waals surface area (Å²) >= 11 is 0. The largest absolute Gasteiger partial charge is 0.377 e. The van der Waals surface area contributed by atoms with Crippen LogP contribution >= 0.6 is 24.0 Å². The zero-order valence-electron chi connectivity index (χ0n) is 17.3. The number of halogens is 1. The molecule has 0 amide bonds. The number of hydrogen-bond acceptors (Lipinski definition) is 3. The summed E-state index contributed by atoms with van der Waals surface area (Å²) < 4.78 is 5.73. The van der Waals surface area contributed by atoms with Crippen LogP contribution < -0.4 is 10.6 Å². The van der Waals surface area contributed by atoms with E-state index >= 15 is 0 Å². The molecule has 0 aliphatic carbocycles. The van der Waals surface area contributed by atoms with Gasteiger partial charge in [0, 0.05) is 45.4 Å². The van der Waals surface area contributed by atoms with Crippen LogP contribution in [0.1, 0.15) is 39.2 Å². The van der Waals surface area contributed by atoms with Crippen molar-refractivity contribution in [2.75, 3.05) is 33.3 Å². The SMILES string of the molecule is CN=C(NCCCCOCc1ccccc1)NC1CN(C(C)C)CC1C.I. The smallest absolute Gasteiger partial charge is 0.191 e. The summed E-state index contributed by atoms with van der Waals surface area (Å²) in [5.41, 5.74) is 1.23. The number of unbranched alkanes of at least 4 members (excludes halogenated alkanes) is 1. The Hall–Kier alpha value is -0.860. The van der Waals surface area contributed by atoms with E-state index in [0.717, 1.165) is 45.0 Å². The van der Waals surface area contributed by atoms with Gasteiger partial charge in [0.15, 0.2) is 5.96 Å². The highest BCUT2D eigenvalue weighted by molar-refractivity contribution is 14.0. The summed E-state index contributed by atoms with van der Waals surface area (Å²) in [7, 11) is 1.85. The summed E-state index contributed by atoms with van der Waals surface area (Å²) in [6.07, 6.45) is 2.13. The molecule has 1 aliphatic rings. The molecule has 0 aromatic heterocycles. The number of aliphatic imine (C=N–C) groups is 1. The Kier molecular flexibility index (Phi) is 11.9. The van der Waals surface area contributed by atoms with Crippen LogP contribution in [0.3, 0.4) is 0 Å². The topological polar surface area (TPSA) is 48.9 Å². The van der Waals surface area contributed by atoms with Gasteiger partial charge in [-0.25, -0.2) is 0 Å². The second kappa shape index (κ2) is 13.3. The molecule has 1 saturated heterocycles.